The van der Waals surface area contributed by atoms with Gasteiger partial charge in [0.15, 0.2) is 0 Å². The lowest BCUT2D eigenvalue weighted by molar-refractivity contribution is -0.126. The Labute approximate surface area is 137 Å². The number of amides is 1. The largest absolute Gasteiger partial charge is 0.354 e. The summed E-state index contributed by atoms with van der Waals surface area (Å²) in [6.07, 6.45) is 6.93. The van der Waals surface area contributed by atoms with Gasteiger partial charge in [-0.05, 0) is 56.7 Å². The van der Waals surface area contributed by atoms with Crippen LogP contribution < -0.4 is 5.32 Å². The van der Waals surface area contributed by atoms with Gasteiger partial charge in [0.05, 0.1) is 0 Å². The number of benzene rings is 1. The molecule has 0 radical (unpaired) electrons. The SMILES string of the molecule is CC(C)NC(=O)C(CCc1cc(F)cc(F)c1)CC1CCCC1. The van der Waals surface area contributed by atoms with E-state index in [1.165, 1.54) is 37.8 Å². The first-order valence-corrected chi connectivity index (χ1v) is 8.69. The molecule has 4 heteroatoms. The molecule has 1 saturated carbocycles. The number of halogens is 2. The Kier molecular flexibility index (Phi) is 6.55. The highest BCUT2D eigenvalue weighted by Crippen LogP contribution is 2.32. The lowest BCUT2D eigenvalue weighted by atomic mass is 9.88. The van der Waals surface area contributed by atoms with Gasteiger partial charge in [0.2, 0.25) is 5.91 Å². The monoisotopic (exact) mass is 323 g/mol. The molecular weight excluding hydrogens is 296 g/mol. The third-order valence-electron chi connectivity index (χ3n) is 4.60. The first kappa shape index (κ1) is 17.9. The third-order valence-corrected chi connectivity index (χ3v) is 4.60. The number of aryl methyl sites for hydroxylation is 1. The van der Waals surface area contributed by atoms with Crippen molar-refractivity contribution in [2.45, 2.75) is 64.8 Å². The van der Waals surface area contributed by atoms with E-state index in [1.807, 2.05) is 13.8 Å². The van der Waals surface area contributed by atoms with Crippen molar-refractivity contribution in [1.82, 2.24) is 5.32 Å². The van der Waals surface area contributed by atoms with E-state index in [0.717, 1.165) is 12.5 Å². The van der Waals surface area contributed by atoms with Crippen molar-refractivity contribution < 1.29 is 13.6 Å². The Hall–Kier alpha value is -1.45. The van der Waals surface area contributed by atoms with E-state index >= 15 is 0 Å². The van der Waals surface area contributed by atoms with Gasteiger partial charge in [-0.2, -0.15) is 0 Å². The van der Waals surface area contributed by atoms with Gasteiger partial charge in [-0.25, -0.2) is 8.78 Å². The molecule has 1 aromatic rings. The Morgan fingerprint density at radius 3 is 2.35 bits per heavy atom. The van der Waals surface area contributed by atoms with Crippen LogP contribution in [0.2, 0.25) is 0 Å². The molecule has 0 heterocycles. The molecule has 1 aliphatic rings. The fourth-order valence-corrected chi connectivity index (χ4v) is 3.50. The first-order chi connectivity index (χ1) is 10.9. The fraction of sp³-hybridized carbons (Fsp3) is 0.632. The average molecular weight is 323 g/mol. The Bertz CT molecular complexity index is 504. The summed E-state index contributed by atoms with van der Waals surface area (Å²) >= 11 is 0. The zero-order chi connectivity index (χ0) is 16.8. The predicted molar refractivity (Wildman–Crippen MR) is 88.0 cm³/mol. The minimum atomic E-state index is -0.557. The number of carbonyl (C=O) groups excluding carboxylic acids is 1. The Morgan fingerprint density at radius 2 is 1.78 bits per heavy atom. The number of hydrogen-bond acceptors (Lipinski definition) is 1. The maximum absolute atomic E-state index is 13.3. The van der Waals surface area contributed by atoms with Crippen LogP contribution in [0, 0.1) is 23.5 Å². The highest BCUT2D eigenvalue weighted by atomic mass is 19.1. The van der Waals surface area contributed by atoms with Crippen molar-refractivity contribution in [3.05, 3.63) is 35.4 Å². The number of carbonyl (C=O) groups is 1. The smallest absolute Gasteiger partial charge is 0.223 e. The molecule has 0 saturated heterocycles. The molecule has 2 rings (SSSR count). The molecule has 1 N–H and O–H groups in total. The lowest BCUT2D eigenvalue weighted by Gasteiger charge is -2.21. The molecule has 2 nitrogen and oxygen atoms in total. The molecule has 0 aromatic heterocycles. The second-order valence-corrected chi connectivity index (χ2v) is 7.06. The molecule has 128 valence electrons. The van der Waals surface area contributed by atoms with Crippen LogP contribution in [-0.2, 0) is 11.2 Å². The summed E-state index contributed by atoms with van der Waals surface area (Å²) in [4.78, 5) is 12.4. The van der Waals surface area contributed by atoms with Crippen molar-refractivity contribution in [2.24, 2.45) is 11.8 Å². The Balaban J connectivity index is 1.98. The van der Waals surface area contributed by atoms with Gasteiger partial charge in [-0.15, -0.1) is 0 Å². The predicted octanol–water partition coefficient (Wildman–Crippen LogP) is 4.62. The molecule has 1 fully saturated rings. The van der Waals surface area contributed by atoms with Crippen LogP contribution in [0.1, 0.15) is 57.9 Å². The maximum atomic E-state index is 13.3. The summed E-state index contributed by atoms with van der Waals surface area (Å²) in [6, 6.07) is 3.71. The zero-order valence-corrected chi connectivity index (χ0v) is 14.1. The summed E-state index contributed by atoms with van der Waals surface area (Å²) < 4.78 is 26.6. The number of nitrogens with one attached hydrogen (secondary N) is 1. The second-order valence-electron chi connectivity index (χ2n) is 7.06. The third kappa shape index (κ3) is 5.92. The van der Waals surface area contributed by atoms with Crippen LogP contribution in [0.25, 0.3) is 0 Å². The van der Waals surface area contributed by atoms with E-state index in [2.05, 4.69) is 5.32 Å². The minimum Gasteiger partial charge on any atom is -0.354 e. The molecule has 0 bridgehead atoms. The van der Waals surface area contributed by atoms with Crippen molar-refractivity contribution in [3.8, 4) is 0 Å². The summed E-state index contributed by atoms with van der Waals surface area (Å²) in [5.41, 5.74) is 0.622. The molecule has 1 atom stereocenters. The minimum absolute atomic E-state index is 0.0729. The summed E-state index contributed by atoms with van der Waals surface area (Å²) in [5.74, 6) is -0.504. The second kappa shape index (κ2) is 8.42. The fourth-order valence-electron chi connectivity index (χ4n) is 3.50. The molecule has 1 aromatic carbocycles. The van der Waals surface area contributed by atoms with Crippen LogP contribution in [0.4, 0.5) is 8.78 Å². The van der Waals surface area contributed by atoms with Crippen LogP contribution >= 0.6 is 0 Å². The number of rotatable bonds is 7. The molecule has 1 aliphatic carbocycles. The molecule has 1 amide bonds. The van der Waals surface area contributed by atoms with Crippen molar-refractivity contribution >= 4 is 5.91 Å². The maximum Gasteiger partial charge on any atom is 0.223 e. The molecule has 0 aliphatic heterocycles. The van der Waals surface area contributed by atoms with Gasteiger partial charge in [-0.3, -0.25) is 4.79 Å². The highest BCUT2D eigenvalue weighted by Gasteiger charge is 2.25. The summed E-state index contributed by atoms with van der Waals surface area (Å²) in [7, 11) is 0. The average Bonchev–Trinajstić information content (AvgIpc) is 2.94. The van der Waals surface area contributed by atoms with Crippen LogP contribution in [0.3, 0.4) is 0 Å². The van der Waals surface area contributed by atoms with Gasteiger partial charge < -0.3 is 5.32 Å². The highest BCUT2D eigenvalue weighted by molar-refractivity contribution is 5.78. The molecule has 1 unspecified atom stereocenters. The topological polar surface area (TPSA) is 29.1 Å². The van der Waals surface area contributed by atoms with Crippen molar-refractivity contribution in [2.75, 3.05) is 0 Å². The summed E-state index contributed by atoms with van der Waals surface area (Å²) in [5, 5.41) is 2.99. The van der Waals surface area contributed by atoms with Crippen molar-refractivity contribution in [3.63, 3.8) is 0 Å². The van der Waals surface area contributed by atoms with E-state index < -0.39 is 11.6 Å². The van der Waals surface area contributed by atoms with E-state index in [0.29, 0.717) is 24.3 Å². The van der Waals surface area contributed by atoms with Gasteiger partial charge in [0.1, 0.15) is 11.6 Å². The molecule has 23 heavy (non-hydrogen) atoms. The zero-order valence-electron chi connectivity index (χ0n) is 14.1. The van der Waals surface area contributed by atoms with Gasteiger partial charge in [0, 0.05) is 18.0 Å². The van der Waals surface area contributed by atoms with E-state index in [-0.39, 0.29) is 17.9 Å². The van der Waals surface area contributed by atoms with E-state index in [9.17, 15) is 13.6 Å². The van der Waals surface area contributed by atoms with Crippen molar-refractivity contribution in [1.29, 1.82) is 0 Å². The first-order valence-electron chi connectivity index (χ1n) is 8.69. The van der Waals surface area contributed by atoms with E-state index in [4.69, 9.17) is 0 Å². The van der Waals surface area contributed by atoms with Crippen LogP contribution in [0.5, 0.6) is 0 Å². The molecule has 0 spiro atoms. The van der Waals surface area contributed by atoms with Gasteiger partial charge >= 0.3 is 0 Å². The van der Waals surface area contributed by atoms with Crippen LogP contribution in [0.15, 0.2) is 18.2 Å². The quantitative estimate of drug-likeness (QED) is 0.779. The normalized spacial score (nSPS) is 16.7. The van der Waals surface area contributed by atoms with Gasteiger partial charge in [-0.1, -0.05) is 25.7 Å². The standard InChI is InChI=1S/C19H27F2NO/c1-13(2)22-19(23)16(9-14-5-3-4-6-14)8-7-15-10-17(20)12-18(21)11-15/h10-14,16H,3-9H2,1-2H3,(H,22,23). The Morgan fingerprint density at radius 1 is 1.17 bits per heavy atom. The number of hydrogen-bond donors (Lipinski definition) is 1. The molecular formula is C19H27F2NO. The summed E-state index contributed by atoms with van der Waals surface area (Å²) in [6.45, 7) is 3.90. The lowest BCUT2D eigenvalue weighted by Crippen LogP contribution is -2.36. The van der Waals surface area contributed by atoms with Crippen LogP contribution in [-0.4, -0.2) is 11.9 Å². The van der Waals surface area contributed by atoms with E-state index in [1.54, 1.807) is 0 Å². The van der Waals surface area contributed by atoms with Gasteiger partial charge in [0.25, 0.3) is 0 Å².